The van der Waals surface area contributed by atoms with Gasteiger partial charge in [0.05, 0.1) is 30.7 Å². The number of nitrogens with one attached hydrogen (secondary N) is 3. The topological polar surface area (TPSA) is 110 Å². The fourth-order valence-corrected chi connectivity index (χ4v) is 1.99. The molecule has 0 atom stereocenters. The zero-order valence-electron chi connectivity index (χ0n) is 13.7. The van der Waals surface area contributed by atoms with E-state index < -0.39 is 17.7 Å². The predicted octanol–water partition coefficient (Wildman–Crippen LogP) is 0.911. The van der Waals surface area contributed by atoms with E-state index in [0.29, 0.717) is 12.4 Å². The largest absolute Gasteiger partial charge is 0.467 e. The van der Waals surface area contributed by atoms with Crippen LogP contribution in [-0.2, 0) is 20.9 Å². The zero-order chi connectivity index (χ0) is 18.1. The van der Waals surface area contributed by atoms with E-state index in [1.807, 2.05) is 0 Å². The second kappa shape index (κ2) is 9.24. The molecule has 0 radical (unpaired) electrons. The Labute approximate surface area is 144 Å². The third kappa shape index (κ3) is 5.47. The molecule has 0 fully saturated rings. The number of carbonyl (C=O) groups is 3. The smallest absolute Gasteiger partial charge is 0.313 e. The molecule has 25 heavy (non-hydrogen) atoms. The molecule has 2 rings (SSSR count). The Bertz CT molecular complexity index is 728. The van der Waals surface area contributed by atoms with Crippen molar-refractivity contribution >= 4 is 23.4 Å². The summed E-state index contributed by atoms with van der Waals surface area (Å²) in [5, 5.41) is 7.53. The van der Waals surface area contributed by atoms with E-state index in [0.717, 1.165) is 0 Å². The van der Waals surface area contributed by atoms with Crippen molar-refractivity contribution in [1.29, 1.82) is 0 Å². The second-order valence-corrected chi connectivity index (χ2v) is 5.01. The molecule has 0 spiro atoms. The van der Waals surface area contributed by atoms with Gasteiger partial charge in [-0.05, 0) is 24.3 Å². The summed E-state index contributed by atoms with van der Waals surface area (Å²) in [7, 11) is 1.49. The van der Waals surface area contributed by atoms with E-state index in [9.17, 15) is 14.4 Å². The number of amides is 3. The minimum atomic E-state index is -0.859. The van der Waals surface area contributed by atoms with Gasteiger partial charge in [0.2, 0.25) is 0 Å². The number of rotatable bonds is 7. The Kier molecular flexibility index (Phi) is 6.73. The van der Waals surface area contributed by atoms with Crippen LogP contribution in [0, 0.1) is 0 Å². The maximum absolute atomic E-state index is 12.3. The van der Waals surface area contributed by atoms with Gasteiger partial charge in [-0.2, -0.15) is 0 Å². The van der Waals surface area contributed by atoms with Gasteiger partial charge in [0, 0.05) is 13.7 Å². The molecule has 0 saturated heterocycles. The summed E-state index contributed by atoms with van der Waals surface area (Å²) >= 11 is 0. The third-order valence-electron chi connectivity index (χ3n) is 3.22. The van der Waals surface area contributed by atoms with Crippen LogP contribution < -0.4 is 16.0 Å². The van der Waals surface area contributed by atoms with Crippen LogP contribution in [0.3, 0.4) is 0 Å². The average molecular weight is 345 g/mol. The summed E-state index contributed by atoms with van der Waals surface area (Å²) in [6.07, 6.45) is 1.51. The first-order chi connectivity index (χ1) is 12.1. The molecule has 1 aromatic carbocycles. The molecule has 0 bridgehead atoms. The van der Waals surface area contributed by atoms with Gasteiger partial charge in [0.15, 0.2) is 0 Å². The Balaban J connectivity index is 1.98. The summed E-state index contributed by atoms with van der Waals surface area (Å²) < 4.78 is 9.94. The summed E-state index contributed by atoms with van der Waals surface area (Å²) in [5.74, 6) is -1.45. The number of anilines is 1. The SMILES string of the molecule is COCCNC(=O)C(=O)Nc1ccccc1C(=O)NCc1ccco1. The molecule has 0 aliphatic carbocycles. The first-order valence-electron chi connectivity index (χ1n) is 7.59. The number of hydrogen-bond acceptors (Lipinski definition) is 5. The molecule has 2 aromatic rings. The molecule has 8 heteroatoms. The summed E-state index contributed by atoms with van der Waals surface area (Å²) in [6.45, 7) is 0.727. The predicted molar refractivity (Wildman–Crippen MR) is 89.8 cm³/mol. The maximum atomic E-state index is 12.3. The highest BCUT2D eigenvalue weighted by atomic mass is 16.5. The summed E-state index contributed by atoms with van der Waals surface area (Å²) in [5.41, 5.74) is 0.485. The lowest BCUT2D eigenvalue weighted by molar-refractivity contribution is -0.136. The highest BCUT2D eigenvalue weighted by molar-refractivity contribution is 6.40. The van der Waals surface area contributed by atoms with Crippen LogP contribution in [0.2, 0.25) is 0 Å². The van der Waals surface area contributed by atoms with E-state index in [4.69, 9.17) is 9.15 Å². The molecule has 1 heterocycles. The van der Waals surface area contributed by atoms with Gasteiger partial charge in [-0.15, -0.1) is 0 Å². The van der Waals surface area contributed by atoms with Crippen LogP contribution in [0.5, 0.6) is 0 Å². The number of methoxy groups -OCH3 is 1. The van der Waals surface area contributed by atoms with E-state index in [2.05, 4.69) is 16.0 Å². The molecule has 0 aliphatic heterocycles. The van der Waals surface area contributed by atoms with Crippen LogP contribution in [0.15, 0.2) is 47.1 Å². The van der Waals surface area contributed by atoms with Crippen LogP contribution >= 0.6 is 0 Å². The Hall–Kier alpha value is -3.13. The molecule has 3 N–H and O–H groups in total. The Morgan fingerprint density at radius 1 is 1.04 bits per heavy atom. The Morgan fingerprint density at radius 2 is 1.84 bits per heavy atom. The van der Waals surface area contributed by atoms with Gasteiger partial charge < -0.3 is 25.1 Å². The molecule has 132 valence electrons. The summed E-state index contributed by atoms with van der Waals surface area (Å²) in [6, 6.07) is 9.87. The highest BCUT2D eigenvalue weighted by Gasteiger charge is 2.17. The van der Waals surface area contributed by atoms with Gasteiger partial charge in [-0.3, -0.25) is 14.4 Å². The van der Waals surface area contributed by atoms with Crippen molar-refractivity contribution in [3.8, 4) is 0 Å². The fraction of sp³-hybridized carbons (Fsp3) is 0.235. The zero-order valence-corrected chi connectivity index (χ0v) is 13.7. The minimum absolute atomic E-state index is 0.214. The van der Waals surface area contributed by atoms with Crippen molar-refractivity contribution in [3.05, 3.63) is 54.0 Å². The van der Waals surface area contributed by atoms with Crippen molar-refractivity contribution in [3.63, 3.8) is 0 Å². The Morgan fingerprint density at radius 3 is 2.56 bits per heavy atom. The van der Waals surface area contributed by atoms with Crippen molar-refractivity contribution < 1.29 is 23.5 Å². The van der Waals surface area contributed by atoms with Gasteiger partial charge in [0.1, 0.15) is 5.76 Å². The first-order valence-corrected chi connectivity index (χ1v) is 7.59. The summed E-state index contributed by atoms with van der Waals surface area (Å²) in [4.78, 5) is 35.9. The van der Waals surface area contributed by atoms with Gasteiger partial charge in [0.25, 0.3) is 5.91 Å². The number of furan rings is 1. The lowest BCUT2D eigenvalue weighted by Crippen LogP contribution is -2.37. The molecular formula is C17H19N3O5. The normalized spacial score (nSPS) is 10.1. The lowest BCUT2D eigenvalue weighted by Gasteiger charge is -2.11. The lowest BCUT2D eigenvalue weighted by atomic mass is 10.1. The van der Waals surface area contributed by atoms with Gasteiger partial charge in [-0.25, -0.2) is 0 Å². The van der Waals surface area contributed by atoms with Gasteiger partial charge in [-0.1, -0.05) is 12.1 Å². The molecule has 3 amide bonds. The van der Waals surface area contributed by atoms with E-state index in [1.54, 1.807) is 36.4 Å². The van der Waals surface area contributed by atoms with Crippen molar-refractivity contribution in [2.75, 3.05) is 25.6 Å². The van der Waals surface area contributed by atoms with E-state index in [-0.39, 0.29) is 24.3 Å². The fourth-order valence-electron chi connectivity index (χ4n) is 1.99. The molecule has 1 aromatic heterocycles. The number of carbonyl (C=O) groups excluding carboxylic acids is 3. The van der Waals surface area contributed by atoms with Crippen molar-refractivity contribution in [1.82, 2.24) is 10.6 Å². The van der Waals surface area contributed by atoms with Crippen LogP contribution in [0.25, 0.3) is 0 Å². The number of ether oxygens (including phenoxy) is 1. The molecule has 0 aliphatic rings. The molecule has 0 unspecified atom stereocenters. The molecule has 0 saturated carbocycles. The monoisotopic (exact) mass is 345 g/mol. The number of benzene rings is 1. The van der Waals surface area contributed by atoms with Crippen molar-refractivity contribution in [2.24, 2.45) is 0 Å². The number of para-hydroxylation sites is 1. The molecule has 8 nitrogen and oxygen atoms in total. The maximum Gasteiger partial charge on any atom is 0.313 e. The standard InChI is InChI=1S/C17H19N3O5/c1-24-10-8-18-16(22)17(23)20-14-7-3-2-6-13(14)15(21)19-11-12-5-4-9-25-12/h2-7,9H,8,10-11H2,1H3,(H,18,22)(H,19,21)(H,20,23). The van der Waals surface area contributed by atoms with Crippen LogP contribution in [0.4, 0.5) is 5.69 Å². The highest BCUT2D eigenvalue weighted by Crippen LogP contribution is 2.15. The second-order valence-electron chi connectivity index (χ2n) is 5.01. The van der Waals surface area contributed by atoms with Crippen LogP contribution in [0.1, 0.15) is 16.1 Å². The van der Waals surface area contributed by atoms with E-state index >= 15 is 0 Å². The van der Waals surface area contributed by atoms with Gasteiger partial charge >= 0.3 is 11.8 Å². The molecular weight excluding hydrogens is 326 g/mol. The average Bonchev–Trinajstić information content (AvgIpc) is 3.13. The van der Waals surface area contributed by atoms with E-state index in [1.165, 1.54) is 13.4 Å². The first kappa shape index (κ1) is 18.2. The van der Waals surface area contributed by atoms with Crippen LogP contribution in [-0.4, -0.2) is 38.0 Å². The quantitative estimate of drug-likeness (QED) is 0.510. The minimum Gasteiger partial charge on any atom is -0.467 e. The van der Waals surface area contributed by atoms with Crippen molar-refractivity contribution in [2.45, 2.75) is 6.54 Å². The third-order valence-corrected chi connectivity index (χ3v) is 3.22. The number of hydrogen-bond donors (Lipinski definition) is 3.